The number of nitrogens with zero attached hydrogens (tertiary/aromatic N) is 3. The van der Waals surface area contributed by atoms with Gasteiger partial charge >= 0.3 is 0 Å². The molecule has 3 heterocycles. The van der Waals surface area contributed by atoms with E-state index in [1.807, 2.05) is 0 Å². The van der Waals surface area contributed by atoms with Crippen LogP contribution in [0.5, 0.6) is 0 Å². The van der Waals surface area contributed by atoms with Crippen LogP contribution in [0.2, 0.25) is 0 Å². The number of fused-ring (bicyclic) bond motifs is 1. The third kappa shape index (κ3) is 4.55. The summed E-state index contributed by atoms with van der Waals surface area (Å²) in [6.07, 6.45) is 8.17. The molecule has 29 heavy (non-hydrogen) atoms. The van der Waals surface area contributed by atoms with Crippen LogP contribution in [0.3, 0.4) is 0 Å². The zero-order chi connectivity index (χ0) is 20.1. The number of para-hydroxylation sites is 1. The number of piperidine rings is 1. The maximum Gasteiger partial charge on any atom is 0.277 e. The number of amides is 1. The van der Waals surface area contributed by atoms with Crippen molar-refractivity contribution in [3.05, 3.63) is 54.0 Å². The largest absolute Gasteiger partial charge is 0.361 e. The molecule has 0 aliphatic carbocycles. The van der Waals surface area contributed by atoms with Crippen LogP contribution in [0.1, 0.15) is 28.8 Å². The lowest BCUT2D eigenvalue weighted by molar-refractivity contribution is 0.0705. The lowest BCUT2D eigenvalue weighted by Gasteiger charge is -2.32. The van der Waals surface area contributed by atoms with E-state index < -0.39 is 5.91 Å². The zero-order valence-electron chi connectivity index (χ0n) is 16.3. The molecule has 1 aromatic carbocycles. The van der Waals surface area contributed by atoms with Gasteiger partial charge in [0.05, 0.1) is 5.56 Å². The summed E-state index contributed by atoms with van der Waals surface area (Å²) in [6, 6.07) is 8.42. The van der Waals surface area contributed by atoms with E-state index >= 15 is 0 Å². The first kappa shape index (κ1) is 19.4. The zero-order valence-corrected chi connectivity index (χ0v) is 16.3. The predicted molar refractivity (Wildman–Crippen MR) is 111 cm³/mol. The minimum absolute atomic E-state index is 0.241. The first-order chi connectivity index (χ1) is 14.2. The summed E-state index contributed by atoms with van der Waals surface area (Å²) in [4.78, 5) is 25.3. The number of hydroxylamine groups is 1. The van der Waals surface area contributed by atoms with E-state index in [2.05, 4.69) is 55.6 Å². The molecule has 1 aliphatic heterocycles. The van der Waals surface area contributed by atoms with Crippen LogP contribution in [-0.2, 0) is 6.42 Å². The number of anilines is 1. The topological polar surface area (TPSA) is 106 Å². The molecule has 0 radical (unpaired) electrons. The highest BCUT2D eigenvalue weighted by molar-refractivity contribution is 5.92. The monoisotopic (exact) mass is 394 g/mol. The number of hydrogen-bond acceptors (Lipinski definition) is 6. The van der Waals surface area contributed by atoms with E-state index in [0.29, 0.717) is 11.9 Å². The lowest BCUT2D eigenvalue weighted by Crippen LogP contribution is -2.38. The van der Waals surface area contributed by atoms with Crippen LogP contribution in [0.25, 0.3) is 10.9 Å². The molecule has 1 fully saturated rings. The van der Waals surface area contributed by atoms with Crippen molar-refractivity contribution in [1.82, 2.24) is 25.7 Å². The molecule has 0 unspecified atom stereocenters. The third-order valence-corrected chi connectivity index (χ3v) is 5.58. The Morgan fingerprint density at radius 2 is 1.97 bits per heavy atom. The van der Waals surface area contributed by atoms with Crippen molar-refractivity contribution in [2.24, 2.45) is 5.92 Å². The van der Waals surface area contributed by atoms with E-state index in [1.165, 1.54) is 28.9 Å². The highest BCUT2D eigenvalue weighted by atomic mass is 16.5. The van der Waals surface area contributed by atoms with Gasteiger partial charge in [-0.2, -0.15) is 0 Å². The second kappa shape index (κ2) is 9.02. The molecule has 4 N–H and O–H groups in total. The molecule has 0 saturated carbocycles. The minimum Gasteiger partial charge on any atom is -0.361 e. The molecule has 8 nitrogen and oxygen atoms in total. The Kier molecular flexibility index (Phi) is 6.02. The second-order valence-electron chi connectivity index (χ2n) is 7.46. The quantitative estimate of drug-likeness (QED) is 0.278. The normalized spacial score (nSPS) is 15.0. The highest BCUT2D eigenvalue weighted by Crippen LogP contribution is 2.20. The van der Waals surface area contributed by atoms with Crippen LogP contribution in [0.15, 0.2) is 42.9 Å². The molecule has 1 saturated heterocycles. The summed E-state index contributed by atoms with van der Waals surface area (Å²) in [5.41, 5.74) is 4.38. The van der Waals surface area contributed by atoms with Gasteiger partial charge in [0, 0.05) is 42.6 Å². The average molecular weight is 394 g/mol. The van der Waals surface area contributed by atoms with Crippen LogP contribution in [0, 0.1) is 5.92 Å². The minimum atomic E-state index is -0.603. The molecule has 8 heteroatoms. The average Bonchev–Trinajstić information content (AvgIpc) is 3.20. The number of carbonyl (C=O) groups excluding carboxylic acids is 1. The van der Waals surface area contributed by atoms with E-state index in [0.717, 1.165) is 45.4 Å². The molecule has 1 amide bonds. The number of carbonyl (C=O) groups is 1. The van der Waals surface area contributed by atoms with Gasteiger partial charge < -0.3 is 15.2 Å². The van der Waals surface area contributed by atoms with Gasteiger partial charge in [0.2, 0.25) is 5.95 Å². The van der Waals surface area contributed by atoms with E-state index in [4.69, 9.17) is 5.21 Å². The molecule has 0 bridgehead atoms. The number of nitrogens with one attached hydrogen (secondary N) is 3. The lowest BCUT2D eigenvalue weighted by atomic mass is 9.97. The molecule has 3 aromatic rings. The first-order valence-corrected chi connectivity index (χ1v) is 10.0. The maximum absolute atomic E-state index is 11.3. The van der Waals surface area contributed by atoms with Gasteiger partial charge in [-0.1, -0.05) is 18.2 Å². The van der Waals surface area contributed by atoms with Crippen LogP contribution in [-0.4, -0.2) is 52.2 Å². The fourth-order valence-corrected chi connectivity index (χ4v) is 3.87. The van der Waals surface area contributed by atoms with Crippen molar-refractivity contribution in [1.29, 1.82) is 0 Å². The summed E-state index contributed by atoms with van der Waals surface area (Å²) in [6.45, 7) is 3.80. The number of aromatic amines is 1. The van der Waals surface area contributed by atoms with E-state index in [-0.39, 0.29) is 5.56 Å². The van der Waals surface area contributed by atoms with E-state index in [9.17, 15) is 4.79 Å². The molecule has 0 atom stereocenters. The summed E-state index contributed by atoms with van der Waals surface area (Å²) in [5, 5.41) is 13.6. The molecular weight excluding hydrogens is 368 g/mol. The van der Waals surface area contributed by atoms with Gasteiger partial charge in [0.25, 0.3) is 5.91 Å². The van der Waals surface area contributed by atoms with Crippen molar-refractivity contribution in [2.75, 3.05) is 31.1 Å². The van der Waals surface area contributed by atoms with Gasteiger partial charge in [0.1, 0.15) is 0 Å². The Balaban J connectivity index is 1.19. The summed E-state index contributed by atoms with van der Waals surface area (Å²) in [7, 11) is 0. The molecular formula is C21H26N6O2. The van der Waals surface area contributed by atoms with Crippen molar-refractivity contribution in [3.63, 3.8) is 0 Å². The fourth-order valence-electron chi connectivity index (χ4n) is 3.87. The predicted octanol–water partition coefficient (Wildman–Crippen LogP) is 2.13. The molecule has 152 valence electrons. The van der Waals surface area contributed by atoms with Gasteiger partial charge in [-0.05, 0) is 49.9 Å². The second-order valence-corrected chi connectivity index (χ2v) is 7.46. The highest BCUT2D eigenvalue weighted by Gasteiger charge is 2.21. The SMILES string of the molecule is O=C(NO)c1cnc(N2CCC(CNCCc3c[nH]c4ccccc34)CC2)nc1. The van der Waals surface area contributed by atoms with Gasteiger partial charge in [0.15, 0.2) is 0 Å². The van der Waals surface area contributed by atoms with Crippen LogP contribution >= 0.6 is 0 Å². The molecule has 2 aromatic heterocycles. The number of rotatable bonds is 7. The Labute approximate surface area is 169 Å². The Bertz CT molecular complexity index is 947. The van der Waals surface area contributed by atoms with Gasteiger partial charge in [-0.3, -0.25) is 10.0 Å². The van der Waals surface area contributed by atoms with Crippen molar-refractivity contribution >= 4 is 22.8 Å². The maximum atomic E-state index is 11.3. The number of benzene rings is 1. The Hall–Kier alpha value is -2.97. The molecule has 0 spiro atoms. The fraction of sp³-hybridized carbons (Fsp3) is 0.381. The molecule has 1 aliphatic rings. The summed E-state index contributed by atoms with van der Waals surface area (Å²) < 4.78 is 0. The summed E-state index contributed by atoms with van der Waals surface area (Å²) >= 11 is 0. The van der Waals surface area contributed by atoms with E-state index in [1.54, 1.807) is 5.48 Å². The Morgan fingerprint density at radius 1 is 1.21 bits per heavy atom. The first-order valence-electron chi connectivity index (χ1n) is 10.0. The van der Waals surface area contributed by atoms with Crippen LogP contribution < -0.4 is 15.7 Å². The third-order valence-electron chi connectivity index (χ3n) is 5.58. The summed E-state index contributed by atoms with van der Waals surface area (Å²) in [5.74, 6) is 0.674. The number of hydrogen-bond donors (Lipinski definition) is 4. The standard InChI is InChI=1S/C21H26N6O2/c28-20(26-29)17-13-24-21(25-14-17)27-9-6-15(7-10-27)11-22-8-5-16-12-23-19-4-2-1-3-18(16)19/h1-4,12-15,22-23,29H,5-11H2,(H,26,28). The van der Waals surface area contributed by atoms with Gasteiger partial charge in [-0.25, -0.2) is 15.4 Å². The van der Waals surface area contributed by atoms with Gasteiger partial charge in [-0.15, -0.1) is 0 Å². The Morgan fingerprint density at radius 3 is 2.72 bits per heavy atom. The van der Waals surface area contributed by atoms with Crippen LogP contribution in [0.4, 0.5) is 5.95 Å². The van der Waals surface area contributed by atoms with Crippen molar-refractivity contribution < 1.29 is 10.0 Å². The number of aromatic nitrogens is 3. The number of H-pyrrole nitrogens is 1. The van der Waals surface area contributed by atoms with Crippen molar-refractivity contribution in [3.8, 4) is 0 Å². The van der Waals surface area contributed by atoms with Crippen molar-refractivity contribution in [2.45, 2.75) is 19.3 Å². The smallest absolute Gasteiger partial charge is 0.277 e. The molecule has 4 rings (SSSR count).